The molecule has 2 heterocycles. The number of alkyl halides is 2. The largest absolute Gasteiger partial charge is 0.299 e. The van der Waals surface area contributed by atoms with Gasteiger partial charge >= 0.3 is 0 Å². The van der Waals surface area contributed by atoms with Gasteiger partial charge in [0.1, 0.15) is 10.5 Å². The summed E-state index contributed by atoms with van der Waals surface area (Å²) in [4.78, 5) is 20.8. The van der Waals surface area contributed by atoms with Crippen molar-refractivity contribution in [3.8, 4) is 11.1 Å². The molecule has 0 saturated carbocycles. The Balaban J connectivity index is 2.23. The molecule has 0 aliphatic rings. The van der Waals surface area contributed by atoms with Gasteiger partial charge in [0.15, 0.2) is 0 Å². The molecule has 0 unspecified atom stereocenters. The predicted molar refractivity (Wildman–Crippen MR) is 89.5 cm³/mol. The summed E-state index contributed by atoms with van der Waals surface area (Å²) in [5, 5.41) is 0.300. The van der Waals surface area contributed by atoms with E-state index in [-0.39, 0.29) is 21.7 Å². The first-order valence-electron chi connectivity index (χ1n) is 7.35. The summed E-state index contributed by atoms with van der Waals surface area (Å²) in [5.74, 6) is -2.91. The number of hydrogen-bond acceptors (Lipinski definition) is 3. The van der Waals surface area contributed by atoms with E-state index in [9.17, 15) is 13.6 Å². The molecular formula is C17H14ClF2N3O. The van der Waals surface area contributed by atoms with E-state index in [1.807, 2.05) is 6.92 Å². The molecule has 3 rings (SSSR count). The summed E-state index contributed by atoms with van der Waals surface area (Å²) in [6, 6.07) is 5.82. The van der Waals surface area contributed by atoms with Gasteiger partial charge in [0.25, 0.3) is 11.5 Å². The van der Waals surface area contributed by atoms with Gasteiger partial charge in [-0.1, -0.05) is 35.9 Å². The molecule has 0 spiro atoms. The number of pyridine rings is 1. The Labute approximate surface area is 141 Å². The summed E-state index contributed by atoms with van der Waals surface area (Å²) in [5.41, 5.74) is 1.25. The molecule has 3 aromatic rings. The quantitative estimate of drug-likeness (QED) is 0.664. The molecule has 0 fully saturated rings. The predicted octanol–water partition coefficient (Wildman–Crippen LogP) is 4.24. The molecule has 1 aromatic carbocycles. The molecule has 0 aliphatic heterocycles. The van der Waals surface area contributed by atoms with E-state index in [4.69, 9.17) is 11.6 Å². The van der Waals surface area contributed by atoms with Gasteiger partial charge in [-0.15, -0.1) is 0 Å². The summed E-state index contributed by atoms with van der Waals surface area (Å²) in [6.45, 7) is 3.13. The maximum atomic E-state index is 13.3. The summed E-state index contributed by atoms with van der Waals surface area (Å²) < 4.78 is 28.1. The minimum Gasteiger partial charge on any atom is -0.299 e. The zero-order valence-electron chi connectivity index (χ0n) is 13.1. The van der Waals surface area contributed by atoms with E-state index in [1.54, 1.807) is 12.1 Å². The number of aromatic nitrogens is 3. The van der Waals surface area contributed by atoms with Crippen molar-refractivity contribution in [3.05, 3.63) is 57.9 Å². The average Bonchev–Trinajstić information content (AvgIpc) is 2.55. The Morgan fingerprint density at radius 3 is 2.46 bits per heavy atom. The molecule has 0 bridgehead atoms. The molecule has 0 aliphatic carbocycles. The Kier molecular flexibility index (Phi) is 4.09. The SMILES string of the molecule is CCn1cnc2c(-c3ccc(C(C)(F)F)cc3)cnc(Cl)c2c1=O. The van der Waals surface area contributed by atoms with E-state index in [1.165, 1.54) is 29.2 Å². The number of benzene rings is 1. The second-order valence-corrected chi connectivity index (χ2v) is 5.85. The van der Waals surface area contributed by atoms with Crippen molar-refractivity contribution in [2.45, 2.75) is 26.3 Å². The first kappa shape index (κ1) is 16.5. The van der Waals surface area contributed by atoms with E-state index in [0.29, 0.717) is 23.2 Å². The fourth-order valence-electron chi connectivity index (χ4n) is 2.51. The van der Waals surface area contributed by atoms with Crippen LogP contribution in [-0.2, 0) is 12.5 Å². The highest BCUT2D eigenvalue weighted by molar-refractivity contribution is 6.34. The third kappa shape index (κ3) is 2.78. The molecule has 0 amide bonds. The molecule has 0 N–H and O–H groups in total. The van der Waals surface area contributed by atoms with Crippen LogP contribution >= 0.6 is 11.6 Å². The molecule has 124 valence electrons. The third-order valence-corrected chi connectivity index (χ3v) is 4.14. The van der Waals surface area contributed by atoms with Crippen LogP contribution in [-0.4, -0.2) is 14.5 Å². The number of nitrogens with zero attached hydrogens (tertiary/aromatic N) is 3. The van der Waals surface area contributed by atoms with Gasteiger partial charge in [-0.25, -0.2) is 18.7 Å². The number of halogens is 3. The van der Waals surface area contributed by atoms with Crippen LogP contribution in [0.25, 0.3) is 22.0 Å². The third-order valence-electron chi connectivity index (χ3n) is 3.85. The normalized spacial score (nSPS) is 11.9. The molecule has 2 aromatic heterocycles. The van der Waals surface area contributed by atoms with Crippen molar-refractivity contribution in [2.75, 3.05) is 0 Å². The second-order valence-electron chi connectivity index (χ2n) is 5.49. The van der Waals surface area contributed by atoms with Gasteiger partial charge in [-0.3, -0.25) is 9.36 Å². The van der Waals surface area contributed by atoms with Crippen LogP contribution < -0.4 is 5.56 Å². The van der Waals surface area contributed by atoms with Gasteiger partial charge < -0.3 is 0 Å². The van der Waals surface area contributed by atoms with Gasteiger partial charge in [0.2, 0.25) is 0 Å². The van der Waals surface area contributed by atoms with Gasteiger partial charge in [0, 0.05) is 30.8 Å². The standard InChI is InChI=1S/C17H14ClF2N3O/c1-3-23-9-22-14-12(8-21-15(18)13(14)16(23)24)10-4-6-11(7-5-10)17(2,19)20/h4-9H,3H2,1-2H3. The first-order valence-corrected chi connectivity index (χ1v) is 7.73. The second kappa shape index (κ2) is 5.94. The van der Waals surface area contributed by atoms with Crippen molar-refractivity contribution in [3.63, 3.8) is 0 Å². The molecule has 0 saturated heterocycles. The van der Waals surface area contributed by atoms with Crippen LogP contribution in [0.2, 0.25) is 5.15 Å². The van der Waals surface area contributed by atoms with Crippen molar-refractivity contribution in [1.82, 2.24) is 14.5 Å². The van der Waals surface area contributed by atoms with Crippen molar-refractivity contribution < 1.29 is 8.78 Å². The minimum absolute atomic E-state index is 0.0748. The fraction of sp³-hybridized carbons (Fsp3) is 0.235. The van der Waals surface area contributed by atoms with Gasteiger partial charge in [0.05, 0.1) is 11.8 Å². The monoisotopic (exact) mass is 349 g/mol. The summed E-state index contributed by atoms with van der Waals surface area (Å²) >= 11 is 6.07. The zero-order chi connectivity index (χ0) is 17.5. The molecule has 0 radical (unpaired) electrons. The number of aryl methyl sites for hydroxylation is 1. The molecule has 7 heteroatoms. The van der Waals surface area contributed by atoms with Gasteiger partial charge in [-0.2, -0.15) is 0 Å². The van der Waals surface area contributed by atoms with Crippen LogP contribution in [0.5, 0.6) is 0 Å². The molecular weight excluding hydrogens is 336 g/mol. The Bertz CT molecular complexity index is 962. The van der Waals surface area contributed by atoms with Crippen molar-refractivity contribution >= 4 is 22.5 Å². The van der Waals surface area contributed by atoms with E-state index < -0.39 is 5.92 Å². The molecule has 4 nitrogen and oxygen atoms in total. The van der Waals surface area contributed by atoms with Crippen LogP contribution in [0.15, 0.2) is 41.6 Å². The average molecular weight is 350 g/mol. The topological polar surface area (TPSA) is 47.8 Å². The lowest BCUT2D eigenvalue weighted by atomic mass is 10.0. The zero-order valence-corrected chi connectivity index (χ0v) is 13.8. The smallest absolute Gasteiger partial charge is 0.270 e. The van der Waals surface area contributed by atoms with Crippen LogP contribution in [0, 0.1) is 0 Å². The highest BCUT2D eigenvalue weighted by Crippen LogP contribution is 2.31. The number of rotatable bonds is 3. The Morgan fingerprint density at radius 2 is 1.88 bits per heavy atom. The van der Waals surface area contributed by atoms with Gasteiger partial charge in [-0.05, 0) is 12.5 Å². The molecule has 0 atom stereocenters. The number of hydrogen-bond donors (Lipinski definition) is 0. The van der Waals surface area contributed by atoms with Crippen LogP contribution in [0.4, 0.5) is 8.78 Å². The van der Waals surface area contributed by atoms with Crippen molar-refractivity contribution in [1.29, 1.82) is 0 Å². The lowest BCUT2D eigenvalue weighted by molar-refractivity contribution is 0.0175. The highest BCUT2D eigenvalue weighted by atomic mass is 35.5. The van der Waals surface area contributed by atoms with E-state index >= 15 is 0 Å². The molecule has 24 heavy (non-hydrogen) atoms. The lowest BCUT2D eigenvalue weighted by Gasteiger charge is -2.12. The lowest BCUT2D eigenvalue weighted by Crippen LogP contribution is -2.20. The maximum Gasteiger partial charge on any atom is 0.270 e. The maximum absolute atomic E-state index is 13.3. The van der Waals surface area contributed by atoms with Crippen LogP contribution in [0.3, 0.4) is 0 Å². The Hall–Kier alpha value is -2.34. The first-order chi connectivity index (χ1) is 11.3. The van der Waals surface area contributed by atoms with Crippen LogP contribution in [0.1, 0.15) is 19.4 Å². The summed E-state index contributed by atoms with van der Waals surface area (Å²) in [6.07, 6.45) is 2.94. The Morgan fingerprint density at radius 1 is 1.21 bits per heavy atom. The number of fused-ring (bicyclic) bond motifs is 1. The summed E-state index contributed by atoms with van der Waals surface area (Å²) in [7, 11) is 0. The fourth-order valence-corrected chi connectivity index (χ4v) is 2.72. The van der Waals surface area contributed by atoms with E-state index in [0.717, 1.165) is 6.92 Å². The minimum atomic E-state index is -2.91. The highest BCUT2D eigenvalue weighted by Gasteiger charge is 2.24. The van der Waals surface area contributed by atoms with Crippen molar-refractivity contribution in [2.24, 2.45) is 0 Å². The van der Waals surface area contributed by atoms with E-state index in [2.05, 4.69) is 9.97 Å².